The molecule has 0 amide bonds. The van der Waals surface area contributed by atoms with Gasteiger partial charge < -0.3 is 28.6 Å². The van der Waals surface area contributed by atoms with Crippen LogP contribution in [0.4, 0.5) is 0 Å². The molecule has 47 heavy (non-hydrogen) atoms. The van der Waals surface area contributed by atoms with Gasteiger partial charge in [0.1, 0.15) is 5.75 Å². The first-order valence-corrected chi connectivity index (χ1v) is 16.8. The Bertz CT molecular complexity index is 1860. The molecule has 1 saturated heterocycles. The van der Waals surface area contributed by atoms with E-state index in [1.807, 2.05) is 49.0 Å². The predicted octanol–water partition coefficient (Wildman–Crippen LogP) is 6.15. The number of nitrogens with zero attached hydrogens (tertiary/aromatic N) is 4. The zero-order chi connectivity index (χ0) is 32.2. The Morgan fingerprint density at radius 2 is 1.77 bits per heavy atom. The Morgan fingerprint density at radius 3 is 2.64 bits per heavy atom. The third-order valence-corrected chi connectivity index (χ3v) is 9.26. The van der Waals surface area contributed by atoms with Crippen LogP contribution in [0.25, 0.3) is 32.8 Å². The largest absolute Gasteiger partial charge is 0.493 e. The Balaban J connectivity index is 1.30. The predicted molar refractivity (Wildman–Crippen MR) is 183 cm³/mol. The fraction of sp³-hybridized carbons (Fsp3) is 0.395. The number of aliphatic hydroxyl groups is 1. The molecule has 7 rings (SSSR count). The van der Waals surface area contributed by atoms with Crippen molar-refractivity contribution in [2.24, 2.45) is 7.05 Å². The number of benzene rings is 3. The van der Waals surface area contributed by atoms with Crippen LogP contribution in [-0.4, -0.2) is 70.5 Å². The molecule has 0 saturated carbocycles. The number of hydrogen-bond donors (Lipinski definition) is 1. The number of hydrogen-bond acceptors (Lipinski definition) is 7. The van der Waals surface area contributed by atoms with Crippen LogP contribution in [0.2, 0.25) is 0 Å². The SMILES string of the molecule is CCOC(O)c1c(CCCOc2cccc3ccccc23)c2cccc3c2n1C/C=C\COCc1nn(C)c(CN2CCOCC2)c1-3. The topological polar surface area (TPSA) is 83.1 Å². The van der Waals surface area contributed by atoms with Crippen LogP contribution >= 0.6 is 0 Å². The molecule has 1 fully saturated rings. The van der Waals surface area contributed by atoms with E-state index < -0.39 is 6.29 Å². The molecule has 2 aromatic heterocycles. The Hall–Kier alpha value is -3.99. The second-order valence-electron chi connectivity index (χ2n) is 12.2. The molecule has 2 aliphatic rings. The zero-order valence-electron chi connectivity index (χ0n) is 27.4. The summed E-state index contributed by atoms with van der Waals surface area (Å²) < 4.78 is 28.2. The molecule has 0 bridgehead atoms. The van der Waals surface area contributed by atoms with Crippen LogP contribution in [0.5, 0.6) is 5.75 Å². The number of para-hydroxylation sites is 1. The maximum absolute atomic E-state index is 11.5. The minimum atomic E-state index is -1.06. The highest BCUT2D eigenvalue weighted by Gasteiger charge is 2.28. The van der Waals surface area contributed by atoms with Crippen molar-refractivity contribution in [1.29, 1.82) is 0 Å². The fourth-order valence-corrected chi connectivity index (χ4v) is 7.08. The van der Waals surface area contributed by atoms with E-state index in [4.69, 9.17) is 24.0 Å². The lowest BCUT2D eigenvalue weighted by Gasteiger charge is -2.27. The Morgan fingerprint density at radius 1 is 0.957 bits per heavy atom. The van der Waals surface area contributed by atoms with Gasteiger partial charge in [-0.1, -0.05) is 66.7 Å². The number of morpholine rings is 1. The lowest BCUT2D eigenvalue weighted by atomic mass is 9.97. The minimum Gasteiger partial charge on any atom is -0.493 e. The van der Waals surface area contributed by atoms with E-state index >= 15 is 0 Å². The van der Waals surface area contributed by atoms with Gasteiger partial charge in [0.25, 0.3) is 0 Å². The summed E-state index contributed by atoms with van der Waals surface area (Å²) in [5.74, 6) is 0.890. The molecule has 2 aliphatic heterocycles. The maximum Gasteiger partial charge on any atom is 0.196 e. The van der Waals surface area contributed by atoms with E-state index in [1.54, 1.807) is 0 Å². The number of fused-ring (bicyclic) bond motifs is 3. The van der Waals surface area contributed by atoms with Crippen molar-refractivity contribution in [2.75, 3.05) is 46.1 Å². The average molecular weight is 637 g/mol. The summed E-state index contributed by atoms with van der Waals surface area (Å²) in [5, 5.41) is 19.9. The normalized spacial score (nSPS) is 17.0. The van der Waals surface area contributed by atoms with Crippen molar-refractivity contribution in [3.05, 3.63) is 95.5 Å². The minimum absolute atomic E-state index is 0.402. The first-order valence-electron chi connectivity index (χ1n) is 16.8. The molecule has 1 N–H and O–H groups in total. The summed E-state index contributed by atoms with van der Waals surface area (Å²) in [6, 6.07) is 21.0. The lowest BCUT2D eigenvalue weighted by Crippen LogP contribution is -2.36. The van der Waals surface area contributed by atoms with Crippen LogP contribution in [-0.2, 0) is 47.4 Å². The van der Waals surface area contributed by atoms with Gasteiger partial charge in [-0.15, -0.1) is 0 Å². The van der Waals surface area contributed by atoms with Crippen LogP contribution in [0, 0.1) is 0 Å². The fourth-order valence-electron chi connectivity index (χ4n) is 7.08. The van der Waals surface area contributed by atoms with E-state index in [-0.39, 0.29) is 0 Å². The van der Waals surface area contributed by atoms with E-state index in [0.717, 1.165) is 107 Å². The molecule has 246 valence electrons. The lowest BCUT2D eigenvalue weighted by molar-refractivity contribution is -0.103. The first kappa shape index (κ1) is 31.6. The first-order chi connectivity index (χ1) is 23.1. The van der Waals surface area contributed by atoms with E-state index in [9.17, 15) is 5.11 Å². The van der Waals surface area contributed by atoms with Crippen LogP contribution in [0.15, 0.2) is 72.8 Å². The molecule has 4 heterocycles. The van der Waals surface area contributed by atoms with Crippen molar-refractivity contribution >= 4 is 21.7 Å². The monoisotopic (exact) mass is 636 g/mol. The van der Waals surface area contributed by atoms with Gasteiger partial charge in [-0.25, -0.2) is 0 Å². The molecule has 3 aromatic carbocycles. The molecule has 0 radical (unpaired) electrons. The van der Waals surface area contributed by atoms with Crippen molar-refractivity contribution < 1.29 is 24.1 Å². The van der Waals surface area contributed by atoms with Gasteiger partial charge in [0.05, 0.1) is 55.6 Å². The number of aromatic nitrogens is 3. The second-order valence-corrected chi connectivity index (χ2v) is 12.2. The van der Waals surface area contributed by atoms with Crippen molar-refractivity contribution in [3.63, 3.8) is 0 Å². The Kier molecular flexibility index (Phi) is 9.69. The van der Waals surface area contributed by atoms with Crippen molar-refractivity contribution in [1.82, 2.24) is 19.2 Å². The molecule has 9 nitrogen and oxygen atoms in total. The summed E-state index contributed by atoms with van der Waals surface area (Å²) in [6.07, 6.45) is 4.60. The van der Waals surface area contributed by atoms with Crippen LogP contribution in [0.3, 0.4) is 0 Å². The average Bonchev–Trinajstić information content (AvgIpc) is 3.57. The molecular formula is C38H44N4O5. The molecule has 0 aliphatic carbocycles. The summed E-state index contributed by atoms with van der Waals surface area (Å²) in [7, 11) is 2.03. The molecule has 1 unspecified atom stereocenters. The third kappa shape index (κ3) is 6.46. The molecule has 1 atom stereocenters. The quantitative estimate of drug-likeness (QED) is 0.112. The number of rotatable bonds is 10. The highest BCUT2D eigenvalue weighted by atomic mass is 16.6. The standard InChI is InChI=1S/C38H44N4O5/c1-3-46-38(43)37-30(16-10-22-47-34-17-8-12-27-11-4-5-13-28(27)34)29-14-9-15-31-35-32(26-45-21-7-6-18-42(37)36(29)31)39-40(2)33(35)25-41-19-23-44-24-20-41/h4-9,11-15,17,38,43H,3,10,16,18-26H2,1-2H3/b7-6-. The van der Waals surface area contributed by atoms with E-state index in [1.165, 1.54) is 0 Å². The van der Waals surface area contributed by atoms with Gasteiger partial charge in [-0.2, -0.15) is 5.10 Å². The van der Waals surface area contributed by atoms with E-state index in [2.05, 4.69) is 51.9 Å². The Labute approximate surface area is 275 Å². The van der Waals surface area contributed by atoms with Crippen molar-refractivity contribution in [3.8, 4) is 16.9 Å². The maximum atomic E-state index is 11.5. The summed E-state index contributed by atoms with van der Waals surface area (Å²) in [4.78, 5) is 2.43. The summed E-state index contributed by atoms with van der Waals surface area (Å²) >= 11 is 0. The van der Waals surface area contributed by atoms with Gasteiger partial charge in [-0.3, -0.25) is 9.58 Å². The van der Waals surface area contributed by atoms with Gasteiger partial charge >= 0.3 is 0 Å². The molecule has 0 spiro atoms. The number of aliphatic hydroxyl groups excluding tert-OH is 1. The van der Waals surface area contributed by atoms with Gasteiger partial charge in [-0.05, 0) is 36.8 Å². The molecular weight excluding hydrogens is 592 g/mol. The van der Waals surface area contributed by atoms with Crippen LogP contribution < -0.4 is 4.74 Å². The molecule has 5 aromatic rings. The summed E-state index contributed by atoms with van der Waals surface area (Å²) in [6.45, 7) is 8.36. The van der Waals surface area contributed by atoms with Gasteiger partial charge in [0.2, 0.25) is 0 Å². The number of ether oxygens (including phenoxy) is 4. The van der Waals surface area contributed by atoms with Crippen molar-refractivity contribution in [2.45, 2.75) is 45.8 Å². The summed E-state index contributed by atoms with van der Waals surface area (Å²) in [5.41, 5.74) is 7.23. The van der Waals surface area contributed by atoms with Gasteiger partial charge in [0, 0.05) is 61.7 Å². The smallest absolute Gasteiger partial charge is 0.196 e. The number of aryl methyl sites for hydroxylation is 2. The highest BCUT2D eigenvalue weighted by molar-refractivity contribution is 5.99. The third-order valence-electron chi connectivity index (χ3n) is 9.26. The number of allylic oxidation sites excluding steroid dienone is 1. The van der Waals surface area contributed by atoms with E-state index in [0.29, 0.717) is 33.0 Å². The zero-order valence-corrected chi connectivity index (χ0v) is 27.4. The van der Waals surface area contributed by atoms with Gasteiger partial charge in [0.15, 0.2) is 6.29 Å². The highest BCUT2D eigenvalue weighted by Crippen LogP contribution is 2.41. The molecule has 9 heteroatoms. The van der Waals surface area contributed by atoms with Crippen LogP contribution in [0.1, 0.15) is 42.3 Å². The second kappa shape index (κ2) is 14.4.